The second kappa shape index (κ2) is 10.8. The highest BCUT2D eigenvalue weighted by Crippen LogP contribution is 1.80. The zero-order chi connectivity index (χ0) is 9.44. The molecular weight excluding hydrogens is 211 g/mol. The molecule has 0 amide bonds. The monoisotopic (exact) mass is 218 g/mol. The second-order valence-corrected chi connectivity index (χ2v) is 1.71. The molecule has 0 aliphatic carbocycles. The van der Waals surface area contributed by atoms with Crippen LogP contribution in [0.3, 0.4) is 0 Å². The van der Waals surface area contributed by atoms with E-state index in [4.69, 9.17) is 10.2 Å². The summed E-state index contributed by atoms with van der Waals surface area (Å²) in [4.78, 5) is 18.9. The highest BCUT2D eigenvalue weighted by Gasteiger charge is 2.21. The molecule has 0 bridgehead atoms. The number of aliphatic carboxylic acids is 2. The number of carboxylic acids is 2. The summed E-state index contributed by atoms with van der Waals surface area (Å²) in [6.07, 6.45) is -0.806. The summed E-state index contributed by atoms with van der Waals surface area (Å²) < 4.78 is 29.4. The number of rotatable bonds is 2. The van der Waals surface area contributed by atoms with Crippen molar-refractivity contribution < 1.29 is 30.4 Å². The Morgan fingerprint density at radius 2 is 1.25 bits per heavy atom. The van der Waals surface area contributed by atoms with E-state index in [1.165, 1.54) is 0 Å². The fourth-order valence-corrected chi connectivity index (χ4v) is 0.129. The predicted molar refractivity (Wildman–Crippen MR) is 38.9 cm³/mol. The van der Waals surface area contributed by atoms with Crippen molar-refractivity contribution in [3.63, 3.8) is 0 Å². The van der Waals surface area contributed by atoms with Gasteiger partial charge in [0.15, 0.2) is 17.4 Å². The minimum absolute atomic E-state index is 0. The molecule has 0 spiro atoms. The van der Waals surface area contributed by atoms with Gasteiger partial charge in [0.05, 0.1) is 0 Å². The molecule has 0 aliphatic heterocycles. The lowest BCUT2D eigenvalue weighted by Gasteiger charge is -1.80. The van der Waals surface area contributed by atoms with E-state index in [1.807, 2.05) is 0 Å². The maximum Gasteiger partial charge on any atom is 1.04 e. The standard InChI is InChI=1S/C3H4O4.2Al.3FH.3H/c4-2(5)1-3(6)7;;;;;;;;/h1H2,(H,4,5)(H,6,7);;;3*1H;;;/q;;+3;;;;;;/p-3. The molecule has 0 saturated carbocycles. The fourth-order valence-electron chi connectivity index (χ4n) is 0.129. The first-order chi connectivity index (χ1) is 4.86. The Kier molecular flexibility index (Phi) is 16.0. The van der Waals surface area contributed by atoms with Crippen molar-refractivity contribution in [2.45, 2.75) is 6.42 Å². The third kappa shape index (κ3) is 52.6. The van der Waals surface area contributed by atoms with Gasteiger partial charge in [0.2, 0.25) is 0 Å². The van der Waals surface area contributed by atoms with E-state index in [1.54, 1.807) is 0 Å². The van der Waals surface area contributed by atoms with Gasteiger partial charge in [0.1, 0.15) is 6.42 Å². The van der Waals surface area contributed by atoms with Crippen molar-refractivity contribution in [1.29, 1.82) is 0 Å². The summed E-state index contributed by atoms with van der Waals surface area (Å²) in [5, 5.41) is 15.4. The Labute approximate surface area is 81.9 Å². The van der Waals surface area contributed by atoms with Crippen molar-refractivity contribution in [1.82, 2.24) is 0 Å². The first-order valence-electron chi connectivity index (χ1n) is 2.22. The molecule has 0 fully saturated rings. The quantitative estimate of drug-likeness (QED) is 0.472. The number of carbonyl (C=O) groups is 2. The molecule has 0 rings (SSSR count). The molecular formula is C3H7Al2F3O4. The third-order valence-electron chi connectivity index (χ3n) is 0.302. The van der Waals surface area contributed by atoms with E-state index in [-0.39, 0.29) is 17.4 Å². The normalized spacial score (nSPS) is 6.92. The zero-order valence-corrected chi connectivity index (χ0v) is 6.28. The summed E-state index contributed by atoms with van der Waals surface area (Å²) in [6, 6.07) is 0. The van der Waals surface area contributed by atoms with E-state index >= 15 is 0 Å². The van der Waals surface area contributed by atoms with E-state index in [2.05, 4.69) is 0 Å². The zero-order valence-electron chi connectivity index (χ0n) is 5.13. The van der Waals surface area contributed by atoms with Gasteiger partial charge in [-0.3, -0.25) is 9.59 Å². The molecule has 0 radical (unpaired) electrons. The van der Waals surface area contributed by atoms with Gasteiger partial charge in [-0.1, -0.05) is 0 Å². The molecule has 0 atom stereocenters. The SMILES string of the molecule is O=C(O)CC(=O)O.[AlH3].[F][Al]([F])[F]. The Bertz CT molecular complexity index is 127. The van der Waals surface area contributed by atoms with Gasteiger partial charge in [-0.05, 0) is 0 Å². The van der Waals surface area contributed by atoms with Crippen LogP contribution < -0.4 is 0 Å². The highest BCUT2D eigenvalue weighted by molar-refractivity contribution is 6.33. The maximum atomic E-state index is 9.81. The third-order valence-corrected chi connectivity index (χ3v) is 0.302. The van der Waals surface area contributed by atoms with Crippen LogP contribution in [0.2, 0.25) is 0 Å². The lowest BCUT2D eigenvalue weighted by molar-refractivity contribution is -0.147. The molecule has 0 heterocycles. The van der Waals surface area contributed by atoms with Gasteiger partial charge in [-0.2, -0.15) is 0 Å². The summed E-state index contributed by atoms with van der Waals surface area (Å²) in [7, 11) is 0. The smallest absolute Gasteiger partial charge is 0.481 e. The Balaban J connectivity index is -0.000000142. The second-order valence-electron chi connectivity index (χ2n) is 1.21. The van der Waals surface area contributed by atoms with Gasteiger partial charge in [-0.15, -0.1) is 0 Å². The summed E-state index contributed by atoms with van der Waals surface area (Å²) >= 11 is -4.64. The largest absolute Gasteiger partial charge is 1.04 e. The van der Waals surface area contributed by atoms with Crippen LogP contribution in [0.25, 0.3) is 0 Å². The lowest BCUT2D eigenvalue weighted by Crippen LogP contribution is -2.03. The molecule has 4 nitrogen and oxygen atoms in total. The van der Waals surface area contributed by atoms with Crippen LogP contribution in [0.5, 0.6) is 0 Å². The lowest BCUT2D eigenvalue weighted by atomic mass is 10.5. The minimum atomic E-state index is -4.64. The predicted octanol–water partition coefficient (Wildman–Crippen LogP) is -0.758. The van der Waals surface area contributed by atoms with Gasteiger partial charge in [0.25, 0.3) is 0 Å². The van der Waals surface area contributed by atoms with Gasteiger partial charge < -0.3 is 20.8 Å². The summed E-state index contributed by atoms with van der Waals surface area (Å²) in [5.74, 6) is -2.62. The van der Waals surface area contributed by atoms with E-state index in [9.17, 15) is 20.2 Å². The average Bonchev–Trinajstić information content (AvgIpc) is 1.56. The number of halogens is 3. The van der Waals surface area contributed by atoms with Gasteiger partial charge >= 0.3 is 27.5 Å². The summed E-state index contributed by atoms with van der Waals surface area (Å²) in [5.41, 5.74) is 0. The molecule has 0 unspecified atom stereocenters. The van der Waals surface area contributed by atoms with Crippen LogP contribution >= 0.6 is 0 Å². The van der Waals surface area contributed by atoms with Crippen LogP contribution in [0.15, 0.2) is 0 Å². The molecule has 12 heavy (non-hydrogen) atoms. The number of hydrogen-bond donors (Lipinski definition) is 2. The van der Waals surface area contributed by atoms with Crippen LogP contribution in [0, 0.1) is 0 Å². The van der Waals surface area contributed by atoms with Crippen molar-refractivity contribution >= 4 is 44.8 Å². The molecule has 0 aromatic heterocycles. The van der Waals surface area contributed by atoms with Crippen LogP contribution in [-0.4, -0.2) is 55.0 Å². The molecule has 0 aromatic carbocycles. The molecule has 70 valence electrons. The number of hydrogen-bond acceptors (Lipinski definition) is 2. The van der Waals surface area contributed by atoms with E-state index in [0.29, 0.717) is 0 Å². The first kappa shape index (κ1) is 17.8. The van der Waals surface area contributed by atoms with Gasteiger partial charge in [-0.25, -0.2) is 0 Å². The molecule has 9 heteroatoms. The Hall–Kier alpha value is -0.205. The fraction of sp³-hybridized carbons (Fsp3) is 0.333. The van der Waals surface area contributed by atoms with Crippen molar-refractivity contribution in [3.05, 3.63) is 0 Å². The molecule has 0 saturated heterocycles. The molecule has 2 N–H and O–H groups in total. The van der Waals surface area contributed by atoms with Crippen LogP contribution in [-0.2, 0) is 9.59 Å². The number of carboxylic acid groups (broad SMARTS) is 2. The van der Waals surface area contributed by atoms with Crippen molar-refractivity contribution in [2.75, 3.05) is 0 Å². The highest BCUT2D eigenvalue weighted by atomic mass is 27.3. The van der Waals surface area contributed by atoms with Crippen LogP contribution in [0.4, 0.5) is 10.6 Å². The van der Waals surface area contributed by atoms with E-state index in [0.717, 1.165) is 0 Å². The summed E-state index contributed by atoms with van der Waals surface area (Å²) in [6.45, 7) is 0. The van der Waals surface area contributed by atoms with Crippen molar-refractivity contribution in [3.8, 4) is 0 Å². The topological polar surface area (TPSA) is 74.6 Å². The van der Waals surface area contributed by atoms with Crippen molar-refractivity contribution in [2.24, 2.45) is 0 Å². The minimum Gasteiger partial charge on any atom is -0.481 e. The first-order valence-corrected chi connectivity index (χ1v) is 3.53. The van der Waals surface area contributed by atoms with E-state index < -0.39 is 33.9 Å². The maximum absolute atomic E-state index is 9.81. The molecule has 0 aliphatic rings. The Morgan fingerprint density at radius 3 is 1.25 bits per heavy atom. The average molecular weight is 218 g/mol. The van der Waals surface area contributed by atoms with Crippen LogP contribution in [0.1, 0.15) is 6.42 Å². The van der Waals surface area contributed by atoms with Gasteiger partial charge in [0, 0.05) is 0 Å². The Morgan fingerprint density at radius 1 is 1.08 bits per heavy atom. The molecule has 0 aromatic rings.